The molecule has 0 saturated heterocycles. The first-order chi connectivity index (χ1) is 28.9. The van der Waals surface area contributed by atoms with E-state index in [2.05, 4.69) is 89.3 Å². The van der Waals surface area contributed by atoms with Gasteiger partial charge in [-0.1, -0.05) is 117 Å². The van der Waals surface area contributed by atoms with Crippen molar-refractivity contribution in [3.05, 3.63) is 63.5 Å². The predicted molar refractivity (Wildman–Crippen MR) is 267 cm³/mol. The van der Waals surface area contributed by atoms with E-state index < -0.39 is 0 Å². The molecule has 316 valence electrons. The topological polar surface area (TPSA) is 35.0 Å². The summed E-state index contributed by atoms with van der Waals surface area (Å²) in [5, 5.41) is 3.04. The molecule has 0 bridgehead atoms. The fourth-order valence-corrected chi connectivity index (χ4v) is 14.1. The summed E-state index contributed by atoms with van der Waals surface area (Å²) in [5.41, 5.74) is 8.70. The Labute approximate surface area is 375 Å². The molecule has 0 amide bonds. The van der Waals surface area contributed by atoms with Crippen LogP contribution in [0.1, 0.15) is 163 Å². The average molecular weight is 883 g/mol. The molecule has 0 atom stereocenters. The summed E-state index contributed by atoms with van der Waals surface area (Å²) in [4.78, 5) is 8.26. The maximum absolute atomic E-state index is 6.60. The van der Waals surface area contributed by atoms with Gasteiger partial charge in [0.2, 0.25) is 0 Å². The zero-order valence-corrected chi connectivity index (χ0v) is 40.7. The van der Waals surface area contributed by atoms with Crippen molar-refractivity contribution in [3.63, 3.8) is 0 Å². The molecule has 0 unspecified atom stereocenters. The Kier molecular flexibility index (Phi) is 16.5. The number of benzene rings is 2. The fourth-order valence-electron chi connectivity index (χ4n) is 8.85. The van der Waals surface area contributed by atoms with E-state index in [1.807, 2.05) is 34.0 Å². The van der Waals surface area contributed by atoms with Gasteiger partial charge >= 0.3 is 0 Å². The second-order valence-electron chi connectivity index (χ2n) is 16.8. The normalized spacial score (nSPS) is 12.0. The molecule has 5 heterocycles. The summed E-state index contributed by atoms with van der Waals surface area (Å²) in [5.74, 6) is 1.00. The highest BCUT2D eigenvalue weighted by atomic mass is 32.1. The molecule has 0 aliphatic carbocycles. The van der Waals surface area contributed by atoms with Gasteiger partial charge in [0.25, 0.3) is 0 Å². The summed E-state index contributed by atoms with van der Waals surface area (Å²) in [6.07, 6.45) is 25.7. The van der Waals surface area contributed by atoms with E-state index in [4.69, 9.17) is 13.5 Å². The Morgan fingerprint density at radius 2 is 0.966 bits per heavy atom. The Balaban J connectivity index is 1.26. The second-order valence-corrected chi connectivity index (χ2v) is 21.8. The van der Waals surface area contributed by atoms with E-state index in [0.717, 1.165) is 48.2 Å². The van der Waals surface area contributed by atoms with Crippen molar-refractivity contribution >= 4 is 88.3 Å². The van der Waals surface area contributed by atoms with Crippen LogP contribution in [0, 0.1) is 20.8 Å². The van der Waals surface area contributed by atoms with E-state index >= 15 is 0 Å². The lowest BCUT2D eigenvalue weighted by atomic mass is 9.94. The van der Waals surface area contributed by atoms with Gasteiger partial charge in [-0.25, -0.2) is 0 Å². The SMILES string of the molecule is CCCCCCCCOc1c(C)c(-c2ccc(-c3cc4c(CCCCCCCC)c5sc(-c6ccc(C)s6)cc5c(CCCCCCCC)c4s3)s2)c2nsnc2c1C. The van der Waals surface area contributed by atoms with Gasteiger partial charge in [0, 0.05) is 55.4 Å². The largest absolute Gasteiger partial charge is 0.493 e. The van der Waals surface area contributed by atoms with Crippen LogP contribution >= 0.6 is 57.1 Å². The number of ether oxygens (including phenoxy) is 1. The van der Waals surface area contributed by atoms with Crippen LogP contribution < -0.4 is 4.74 Å². The van der Waals surface area contributed by atoms with E-state index in [1.54, 1.807) is 15.8 Å². The van der Waals surface area contributed by atoms with Crippen LogP contribution in [0.3, 0.4) is 0 Å². The smallest absolute Gasteiger partial charge is 0.128 e. The molecule has 7 rings (SSSR count). The van der Waals surface area contributed by atoms with Gasteiger partial charge in [-0.15, -0.1) is 45.3 Å². The first kappa shape index (κ1) is 44.4. The van der Waals surface area contributed by atoms with Crippen molar-refractivity contribution in [2.24, 2.45) is 0 Å². The summed E-state index contributed by atoms with van der Waals surface area (Å²) in [6, 6.07) is 14.5. The highest BCUT2D eigenvalue weighted by molar-refractivity contribution is 7.28. The average Bonchev–Trinajstić information content (AvgIpc) is 4.09. The van der Waals surface area contributed by atoms with Crippen LogP contribution in [0.2, 0.25) is 0 Å². The molecule has 0 spiro atoms. The summed E-state index contributed by atoms with van der Waals surface area (Å²) < 4.78 is 19.4. The van der Waals surface area contributed by atoms with E-state index in [-0.39, 0.29) is 0 Å². The van der Waals surface area contributed by atoms with Gasteiger partial charge in [-0.3, -0.25) is 0 Å². The van der Waals surface area contributed by atoms with Crippen LogP contribution in [0.5, 0.6) is 5.75 Å². The third-order valence-corrected chi connectivity index (χ3v) is 17.6. The molecule has 0 radical (unpaired) electrons. The Morgan fingerprint density at radius 1 is 0.475 bits per heavy atom. The van der Waals surface area contributed by atoms with E-state index in [1.165, 1.54) is 177 Å². The summed E-state index contributed by atoms with van der Waals surface area (Å²) >= 11 is 9.29. The molecule has 0 aliphatic heterocycles. The quantitative estimate of drug-likeness (QED) is 0.0537. The first-order valence-electron chi connectivity index (χ1n) is 23.0. The van der Waals surface area contributed by atoms with Crippen molar-refractivity contribution in [3.8, 4) is 35.7 Å². The van der Waals surface area contributed by atoms with Gasteiger partial charge in [0.15, 0.2) is 0 Å². The molecule has 0 saturated carbocycles. The molecule has 0 aliphatic rings. The molecule has 2 aromatic carbocycles. The number of rotatable bonds is 25. The Morgan fingerprint density at radius 3 is 1.53 bits per heavy atom. The van der Waals surface area contributed by atoms with Crippen molar-refractivity contribution in [1.29, 1.82) is 0 Å². The van der Waals surface area contributed by atoms with Gasteiger partial charge in [0.1, 0.15) is 16.8 Å². The minimum Gasteiger partial charge on any atom is -0.493 e. The molecule has 5 aromatic heterocycles. The molecular weight excluding hydrogens is 817 g/mol. The lowest BCUT2D eigenvalue weighted by Crippen LogP contribution is -2.02. The number of aromatic nitrogens is 2. The number of aryl methyl sites for hydroxylation is 4. The molecule has 0 fully saturated rings. The van der Waals surface area contributed by atoms with Gasteiger partial charge in [-0.05, 0) is 111 Å². The lowest BCUT2D eigenvalue weighted by molar-refractivity contribution is 0.301. The molecule has 59 heavy (non-hydrogen) atoms. The van der Waals surface area contributed by atoms with E-state index in [9.17, 15) is 0 Å². The molecule has 7 aromatic rings. The van der Waals surface area contributed by atoms with Crippen molar-refractivity contribution in [1.82, 2.24) is 8.75 Å². The molecule has 0 N–H and O–H groups in total. The molecule has 3 nitrogen and oxygen atoms in total. The van der Waals surface area contributed by atoms with Gasteiger partial charge in [-0.2, -0.15) is 8.75 Å². The van der Waals surface area contributed by atoms with Crippen LogP contribution in [0.15, 0.2) is 36.4 Å². The number of hydrogen-bond acceptors (Lipinski definition) is 8. The van der Waals surface area contributed by atoms with Gasteiger partial charge in [0.05, 0.1) is 18.3 Å². The number of nitrogens with zero attached hydrogens (tertiary/aromatic N) is 2. The summed E-state index contributed by atoms with van der Waals surface area (Å²) in [7, 11) is 0. The maximum Gasteiger partial charge on any atom is 0.128 e. The fraction of sp³-hybridized carbons (Fsp3) is 0.529. The highest BCUT2D eigenvalue weighted by Gasteiger charge is 2.24. The standard InChI is InChI=1S/C51H66N2OS5/c1-7-10-13-16-19-22-25-37-39-32-44(41-28-27-34(4)55-41)57-50(39)38(26-23-20-17-14-11-8-2)40-33-45(58-51(37)40)42-29-30-43(56-42)46-35(5)49(36(6)47-48(46)53-59-52-47)54-31-24-21-18-15-12-9-3/h27-30,32-33H,7-26,31H2,1-6H3. The van der Waals surface area contributed by atoms with Gasteiger partial charge < -0.3 is 4.74 Å². The van der Waals surface area contributed by atoms with Crippen molar-refractivity contribution in [2.45, 2.75) is 170 Å². The zero-order valence-electron chi connectivity index (χ0n) is 36.7. The third kappa shape index (κ3) is 10.5. The highest BCUT2D eigenvalue weighted by Crippen LogP contribution is 2.50. The first-order valence-corrected chi connectivity index (χ1v) is 27.0. The molecule has 8 heteroatoms. The van der Waals surface area contributed by atoms with Crippen molar-refractivity contribution in [2.75, 3.05) is 6.61 Å². The predicted octanol–water partition coefficient (Wildman–Crippen LogP) is 18.7. The Bertz CT molecular complexity index is 2330. The third-order valence-electron chi connectivity index (χ3n) is 12.2. The van der Waals surface area contributed by atoms with Crippen LogP contribution in [0.25, 0.3) is 61.2 Å². The maximum atomic E-state index is 6.60. The van der Waals surface area contributed by atoms with Crippen molar-refractivity contribution < 1.29 is 4.74 Å². The number of hydrogen-bond donors (Lipinski definition) is 0. The van der Waals surface area contributed by atoms with Crippen LogP contribution in [-0.4, -0.2) is 15.4 Å². The van der Waals surface area contributed by atoms with Crippen LogP contribution in [0.4, 0.5) is 0 Å². The monoisotopic (exact) mass is 882 g/mol. The second kappa shape index (κ2) is 21.9. The van der Waals surface area contributed by atoms with Crippen LogP contribution in [-0.2, 0) is 12.8 Å². The molecular formula is C51H66N2OS5. The lowest BCUT2D eigenvalue weighted by Gasteiger charge is -2.16. The number of thiophene rings is 4. The Hall–Kier alpha value is -2.62. The zero-order chi connectivity index (χ0) is 41.1. The minimum atomic E-state index is 0.752. The van der Waals surface area contributed by atoms with E-state index in [0.29, 0.717) is 0 Å². The summed E-state index contributed by atoms with van der Waals surface area (Å²) in [6.45, 7) is 14.3. The number of fused-ring (bicyclic) bond motifs is 3. The minimum absolute atomic E-state index is 0.752. The number of unbranched alkanes of at least 4 members (excludes halogenated alkanes) is 15.